The van der Waals surface area contributed by atoms with Gasteiger partial charge < -0.3 is 5.32 Å². The Kier molecular flexibility index (Phi) is 5.10. The molecule has 1 heterocycles. The molecule has 0 unspecified atom stereocenters. The third-order valence-corrected chi connectivity index (χ3v) is 6.63. The van der Waals surface area contributed by atoms with Gasteiger partial charge in [-0.25, -0.2) is 8.70 Å². The standard InChI is InChI=1S/C18H23FN2O2S/c1-20-12-6-8-15-13-14-7-2-4-10-17(14)21(24(15,22)23)18-11-5-3-9-16(18)19/h2-5,7,9-11,15,20,22-23H,6,8,12-13H2,1H3/t15-/m0/s1. The van der Waals surface area contributed by atoms with E-state index in [-0.39, 0.29) is 10.9 Å². The molecule has 0 bridgehead atoms. The molecule has 1 aliphatic heterocycles. The summed E-state index contributed by atoms with van der Waals surface area (Å²) in [6, 6.07) is 13.8. The molecule has 2 aromatic rings. The number of rotatable bonds is 5. The highest BCUT2D eigenvalue weighted by molar-refractivity contribution is 8.26. The maximum Gasteiger partial charge on any atom is 0.148 e. The lowest BCUT2D eigenvalue weighted by Gasteiger charge is -2.53. The molecule has 1 aliphatic rings. The number of halogens is 1. The topological polar surface area (TPSA) is 55.7 Å². The van der Waals surface area contributed by atoms with Gasteiger partial charge in [0.1, 0.15) is 5.82 Å². The van der Waals surface area contributed by atoms with Crippen LogP contribution in [0.3, 0.4) is 0 Å². The van der Waals surface area contributed by atoms with E-state index < -0.39 is 16.6 Å². The SMILES string of the molecule is CNCCC[C@H]1Cc2ccccc2N(c2ccccc2F)S1(O)O. The fourth-order valence-corrected chi connectivity index (χ4v) is 5.28. The first-order chi connectivity index (χ1) is 11.6. The Morgan fingerprint density at radius 1 is 1.12 bits per heavy atom. The van der Waals surface area contributed by atoms with Crippen LogP contribution >= 0.6 is 10.8 Å². The summed E-state index contributed by atoms with van der Waals surface area (Å²) in [5.41, 5.74) is 1.90. The summed E-state index contributed by atoms with van der Waals surface area (Å²) in [6.07, 6.45) is 2.10. The molecule has 1 atom stereocenters. The van der Waals surface area contributed by atoms with Crippen molar-refractivity contribution in [1.29, 1.82) is 0 Å². The summed E-state index contributed by atoms with van der Waals surface area (Å²) < 4.78 is 37.8. The highest BCUT2D eigenvalue weighted by Gasteiger charge is 2.39. The number of nitrogens with zero attached hydrogens (tertiary/aromatic N) is 1. The minimum atomic E-state index is -3.17. The van der Waals surface area contributed by atoms with Crippen molar-refractivity contribution >= 4 is 22.2 Å². The first-order valence-corrected chi connectivity index (χ1v) is 9.66. The Morgan fingerprint density at radius 3 is 2.50 bits per heavy atom. The lowest BCUT2D eigenvalue weighted by molar-refractivity contribution is 0.453. The van der Waals surface area contributed by atoms with Crippen molar-refractivity contribution in [1.82, 2.24) is 5.32 Å². The molecular formula is C18H23FN2O2S. The molecule has 6 heteroatoms. The molecule has 0 saturated heterocycles. The van der Waals surface area contributed by atoms with Crippen LogP contribution in [0.1, 0.15) is 18.4 Å². The number of hydrogen-bond donors (Lipinski definition) is 3. The van der Waals surface area contributed by atoms with Crippen LogP contribution in [0.25, 0.3) is 0 Å². The maximum atomic E-state index is 14.4. The highest BCUT2D eigenvalue weighted by Crippen LogP contribution is 2.60. The zero-order valence-electron chi connectivity index (χ0n) is 13.7. The summed E-state index contributed by atoms with van der Waals surface area (Å²) in [6.45, 7) is 0.813. The third-order valence-electron chi connectivity index (χ3n) is 4.40. The van der Waals surface area contributed by atoms with Crippen molar-refractivity contribution in [2.75, 3.05) is 17.9 Å². The number of para-hydroxylation sites is 2. The molecule has 4 nitrogen and oxygen atoms in total. The monoisotopic (exact) mass is 350 g/mol. The fraction of sp³-hybridized carbons (Fsp3) is 0.333. The van der Waals surface area contributed by atoms with Gasteiger partial charge in [-0.3, -0.25) is 9.11 Å². The summed E-state index contributed by atoms with van der Waals surface area (Å²) in [5, 5.41) is 2.76. The molecule has 0 saturated carbocycles. The number of hydrogen-bond acceptors (Lipinski definition) is 4. The van der Waals surface area contributed by atoms with E-state index in [1.165, 1.54) is 10.4 Å². The van der Waals surface area contributed by atoms with Gasteiger partial charge in [0.25, 0.3) is 0 Å². The molecule has 130 valence electrons. The molecule has 3 N–H and O–H groups in total. The van der Waals surface area contributed by atoms with Crippen LogP contribution in [0, 0.1) is 5.82 Å². The van der Waals surface area contributed by atoms with Gasteiger partial charge in [0.15, 0.2) is 0 Å². The molecule has 0 amide bonds. The van der Waals surface area contributed by atoms with E-state index in [0.717, 1.165) is 18.5 Å². The zero-order valence-corrected chi connectivity index (χ0v) is 14.5. The lowest BCUT2D eigenvalue weighted by Crippen LogP contribution is -2.38. The minimum Gasteiger partial charge on any atom is -0.320 e. The summed E-state index contributed by atoms with van der Waals surface area (Å²) >= 11 is 0. The van der Waals surface area contributed by atoms with Crippen LogP contribution in [0.5, 0.6) is 0 Å². The number of benzene rings is 2. The Balaban J connectivity index is 2.05. The zero-order chi connectivity index (χ0) is 17.2. The van der Waals surface area contributed by atoms with E-state index in [2.05, 4.69) is 5.32 Å². The van der Waals surface area contributed by atoms with Gasteiger partial charge in [0.05, 0.1) is 16.6 Å². The van der Waals surface area contributed by atoms with Gasteiger partial charge >= 0.3 is 0 Å². The van der Waals surface area contributed by atoms with Crippen molar-refractivity contribution in [2.45, 2.75) is 24.5 Å². The van der Waals surface area contributed by atoms with Gasteiger partial charge in [-0.15, -0.1) is 10.8 Å². The van der Waals surface area contributed by atoms with Crippen LogP contribution in [-0.4, -0.2) is 27.9 Å². The number of fused-ring (bicyclic) bond motifs is 1. The van der Waals surface area contributed by atoms with Crippen LogP contribution < -0.4 is 9.62 Å². The predicted molar refractivity (Wildman–Crippen MR) is 98.5 cm³/mol. The smallest absolute Gasteiger partial charge is 0.148 e. The first kappa shape index (κ1) is 17.2. The predicted octanol–water partition coefficient (Wildman–Crippen LogP) is 4.55. The van der Waals surface area contributed by atoms with E-state index >= 15 is 0 Å². The van der Waals surface area contributed by atoms with Crippen LogP contribution in [0.2, 0.25) is 0 Å². The van der Waals surface area contributed by atoms with Crippen LogP contribution in [-0.2, 0) is 6.42 Å². The third kappa shape index (κ3) is 3.15. The van der Waals surface area contributed by atoms with E-state index in [1.807, 2.05) is 31.3 Å². The molecule has 2 aromatic carbocycles. The van der Waals surface area contributed by atoms with Gasteiger partial charge in [-0.2, -0.15) is 0 Å². The van der Waals surface area contributed by atoms with Crippen molar-refractivity contribution < 1.29 is 13.5 Å². The Hall–Kier alpha value is -1.60. The fourth-order valence-electron chi connectivity index (χ4n) is 3.19. The summed E-state index contributed by atoms with van der Waals surface area (Å²) in [4.78, 5) is 0. The molecule has 3 rings (SSSR count). The first-order valence-electron chi connectivity index (χ1n) is 8.10. The largest absolute Gasteiger partial charge is 0.320 e. The number of nitrogens with one attached hydrogen (secondary N) is 1. The highest BCUT2D eigenvalue weighted by atomic mass is 32.3. The van der Waals surface area contributed by atoms with Crippen molar-refractivity contribution in [3.63, 3.8) is 0 Å². The average Bonchev–Trinajstić information content (AvgIpc) is 2.56. The van der Waals surface area contributed by atoms with E-state index in [4.69, 9.17) is 0 Å². The van der Waals surface area contributed by atoms with E-state index in [9.17, 15) is 13.5 Å². The van der Waals surface area contributed by atoms with Gasteiger partial charge in [-0.05, 0) is 56.6 Å². The normalized spacial score (nSPS) is 20.5. The van der Waals surface area contributed by atoms with Gasteiger partial charge in [-0.1, -0.05) is 30.3 Å². The average molecular weight is 350 g/mol. The summed E-state index contributed by atoms with van der Waals surface area (Å²) in [7, 11) is -1.29. The van der Waals surface area contributed by atoms with Gasteiger partial charge in [0, 0.05) is 0 Å². The Morgan fingerprint density at radius 2 is 1.79 bits per heavy atom. The lowest BCUT2D eigenvalue weighted by atomic mass is 10.0. The Bertz CT molecular complexity index is 711. The molecule has 0 radical (unpaired) electrons. The maximum absolute atomic E-state index is 14.4. The molecule has 0 aromatic heterocycles. The molecular weight excluding hydrogens is 327 g/mol. The van der Waals surface area contributed by atoms with Crippen LogP contribution in [0.4, 0.5) is 15.8 Å². The molecule has 0 aliphatic carbocycles. The second kappa shape index (κ2) is 7.11. The quantitative estimate of drug-likeness (QED) is 0.692. The van der Waals surface area contributed by atoms with E-state index in [1.54, 1.807) is 18.2 Å². The van der Waals surface area contributed by atoms with Crippen molar-refractivity contribution in [2.24, 2.45) is 0 Å². The van der Waals surface area contributed by atoms with Crippen molar-refractivity contribution in [3.05, 3.63) is 59.9 Å². The Labute approximate surface area is 143 Å². The van der Waals surface area contributed by atoms with Crippen molar-refractivity contribution in [3.8, 4) is 0 Å². The molecule has 0 fully saturated rings. The second-order valence-electron chi connectivity index (χ2n) is 6.01. The minimum absolute atomic E-state index is 0.211. The molecule has 24 heavy (non-hydrogen) atoms. The second-order valence-corrected chi connectivity index (χ2v) is 8.16. The van der Waals surface area contributed by atoms with Gasteiger partial charge in [0.2, 0.25) is 0 Å². The summed E-state index contributed by atoms with van der Waals surface area (Å²) in [5.74, 6) is -0.455. The van der Waals surface area contributed by atoms with E-state index in [0.29, 0.717) is 18.5 Å². The van der Waals surface area contributed by atoms with Crippen LogP contribution in [0.15, 0.2) is 48.5 Å². The number of anilines is 2. The molecule has 0 spiro atoms.